The van der Waals surface area contributed by atoms with Gasteiger partial charge in [-0.05, 0) is 13.8 Å². The van der Waals surface area contributed by atoms with Gasteiger partial charge in [0.05, 0.1) is 6.10 Å². The first-order valence-corrected chi connectivity index (χ1v) is 2.70. The van der Waals surface area contributed by atoms with Gasteiger partial charge in [0.15, 0.2) is 0 Å². The predicted octanol–water partition coefficient (Wildman–Crippen LogP) is 0.882. The Morgan fingerprint density at radius 2 is 1.88 bits per heavy atom. The summed E-state index contributed by atoms with van der Waals surface area (Å²) in [6, 6.07) is 0. The van der Waals surface area contributed by atoms with Gasteiger partial charge in [-0.25, -0.2) is 0 Å². The van der Waals surface area contributed by atoms with E-state index in [1.165, 1.54) is 0 Å². The summed E-state index contributed by atoms with van der Waals surface area (Å²) in [7, 11) is 0. The molecule has 2 heteroatoms. The maximum absolute atomic E-state index is 5.14. The molecule has 0 amide bonds. The van der Waals surface area contributed by atoms with Crippen molar-refractivity contribution in [2.75, 3.05) is 0 Å². The number of rotatable bonds is 0. The predicted molar refractivity (Wildman–Crippen MR) is 34.4 cm³/mol. The van der Waals surface area contributed by atoms with E-state index in [1.54, 1.807) is 6.08 Å². The van der Waals surface area contributed by atoms with E-state index in [0.717, 1.165) is 0 Å². The lowest BCUT2D eigenvalue weighted by Crippen LogP contribution is -2.01. The van der Waals surface area contributed by atoms with Crippen molar-refractivity contribution >= 4 is 0 Å². The first-order chi connectivity index (χ1) is 3.72. The molecule has 0 aromatic carbocycles. The van der Waals surface area contributed by atoms with E-state index in [1.807, 2.05) is 13.8 Å². The molecule has 0 aromatic heterocycles. The largest absolute Gasteiger partial charge is 0.354 e. The molecule has 0 bridgehead atoms. The first-order valence-electron chi connectivity index (χ1n) is 2.70. The Bertz CT molecular complexity index is 66.9. The van der Waals surface area contributed by atoms with Crippen LogP contribution in [0.1, 0.15) is 13.8 Å². The third-order valence-electron chi connectivity index (χ3n) is 0.758. The van der Waals surface area contributed by atoms with Crippen LogP contribution in [0, 0.1) is 0 Å². The number of hydrogen-bond donors (Lipinski definition) is 1. The van der Waals surface area contributed by atoms with Crippen LogP contribution in [0.3, 0.4) is 0 Å². The number of ether oxygens (including phenoxy) is 1. The molecule has 2 N–H and O–H groups in total. The molecule has 48 valence electrons. The molecule has 2 atom stereocenters. The Morgan fingerprint density at radius 3 is 1.88 bits per heavy atom. The normalized spacial score (nSPS) is 32.4. The molecule has 1 aliphatic heterocycles. The minimum atomic E-state index is 0.0509. The van der Waals surface area contributed by atoms with Crippen LogP contribution >= 0.6 is 0 Å². The zero-order chi connectivity index (χ0) is 6.57. The van der Waals surface area contributed by atoms with Crippen molar-refractivity contribution in [1.29, 1.82) is 0 Å². The van der Waals surface area contributed by atoms with Crippen molar-refractivity contribution in [3.63, 3.8) is 0 Å². The van der Waals surface area contributed by atoms with Crippen molar-refractivity contribution < 1.29 is 4.74 Å². The van der Waals surface area contributed by atoms with Crippen LogP contribution in [-0.2, 0) is 4.74 Å². The fourth-order valence-corrected chi connectivity index (χ4v) is 0.202. The highest BCUT2D eigenvalue weighted by Crippen LogP contribution is 2.12. The van der Waals surface area contributed by atoms with Crippen LogP contribution in [0.4, 0.5) is 0 Å². The highest BCUT2D eigenvalue weighted by Gasteiger charge is 2.28. The van der Waals surface area contributed by atoms with E-state index in [9.17, 15) is 0 Å². The van der Waals surface area contributed by atoms with Gasteiger partial charge in [0.25, 0.3) is 0 Å². The Kier molecular flexibility index (Phi) is 3.48. The minimum Gasteiger partial charge on any atom is -0.354 e. The molecule has 0 spiro atoms. The number of epoxide rings is 1. The fourth-order valence-electron chi connectivity index (χ4n) is 0.202. The van der Waals surface area contributed by atoms with Crippen molar-refractivity contribution in [2.24, 2.45) is 5.73 Å². The van der Waals surface area contributed by atoms with Gasteiger partial charge >= 0.3 is 0 Å². The Balaban J connectivity index is 0.000000145. The summed E-state index contributed by atoms with van der Waals surface area (Å²) >= 11 is 0. The summed E-state index contributed by atoms with van der Waals surface area (Å²) in [5, 5.41) is 0. The zero-order valence-electron chi connectivity index (χ0n) is 5.42. The molecule has 2 nitrogen and oxygen atoms in total. The van der Waals surface area contributed by atoms with Gasteiger partial charge in [0.1, 0.15) is 6.23 Å². The van der Waals surface area contributed by atoms with E-state index in [2.05, 4.69) is 6.58 Å². The van der Waals surface area contributed by atoms with Crippen LogP contribution in [-0.4, -0.2) is 12.3 Å². The van der Waals surface area contributed by atoms with Crippen LogP contribution in [0.2, 0.25) is 0 Å². The molecule has 1 saturated heterocycles. The number of allylic oxidation sites excluding steroid dienone is 1. The zero-order valence-corrected chi connectivity index (χ0v) is 5.42. The molecule has 1 aliphatic rings. The molecule has 0 saturated carbocycles. The summed E-state index contributed by atoms with van der Waals surface area (Å²) < 4.78 is 4.69. The monoisotopic (exact) mass is 115 g/mol. The van der Waals surface area contributed by atoms with Crippen molar-refractivity contribution in [2.45, 2.75) is 26.2 Å². The summed E-state index contributed by atoms with van der Waals surface area (Å²) in [6.45, 7) is 7.20. The summed E-state index contributed by atoms with van der Waals surface area (Å²) in [6.07, 6.45) is 2.13. The van der Waals surface area contributed by atoms with E-state index in [0.29, 0.717) is 6.10 Å². The Hall–Kier alpha value is -0.340. The molecule has 1 rings (SSSR count). The van der Waals surface area contributed by atoms with Crippen molar-refractivity contribution in [3.8, 4) is 0 Å². The molecular weight excluding hydrogens is 102 g/mol. The SMILES string of the molecule is C=CC.CC1OC1N. The maximum Gasteiger partial charge on any atom is 0.132 e. The molecule has 8 heavy (non-hydrogen) atoms. The topological polar surface area (TPSA) is 38.5 Å². The third kappa shape index (κ3) is 3.84. The molecule has 0 radical (unpaired) electrons. The van der Waals surface area contributed by atoms with Crippen LogP contribution in [0.25, 0.3) is 0 Å². The van der Waals surface area contributed by atoms with Crippen LogP contribution in [0.15, 0.2) is 12.7 Å². The van der Waals surface area contributed by atoms with Gasteiger partial charge in [0.2, 0.25) is 0 Å². The van der Waals surface area contributed by atoms with Crippen molar-refractivity contribution in [3.05, 3.63) is 12.7 Å². The van der Waals surface area contributed by atoms with Gasteiger partial charge in [-0.15, -0.1) is 6.58 Å². The maximum atomic E-state index is 5.14. The van der Waals surface area contributed by atoms with Gasteiger partial charge in [-0.2, -0.15) is 0 Å². The van der Waals surface area contributed by atoms with Gasteiger partial charge in [-0.3, -0.25) is 0 Å². The quantitative estimate of drug-likeness (QED) is 0.376. The van der Waals surface area contributed by atoms with Gasteiger partial charge < -0.3 is 10.5 Å². The standard InChI is InChI=1S/C3H7NO.C3H6/c1-2-3(4)5-2;1-3-2/h2-3H,4H2,1H3;3H,1H2,2H3. The minimum absolute atomic E-state index is 0.0509. The molecule has 0 aliphatic carbocycles. The van der Waals surface area contributed by atoms with Crippen LogP contribution < -0.4 is 5.73 Å². The van der Waals surface area contributed by atoms with E-state index >= 15 is 0 Å². The first kappa shape index (κ1) is 7.66. The smallest absolute Gasteiger partial charge is 0.132 e. The second-order valence-corrected chi connectivity index (χ2v) is 1.71. The highest BCUT2D eigenvalue weighted by atomic mass is 16.6. The molecule has 1 heterocycles. The summed E-state index contributed by atoms with van der Waals surface area (Å²) in [5.41, 5.74) is 5.14. The average molecular weight is 115 g/mol. The number of nitrogens with two attached hydrogens (primary N) is 1. The Morgan fingerprint density at radius 1 is 1.75 bits per heavy atom. The third-order valence-corrected chi connectivity index (χ3v) is 0.758. The highest BCUT2D eigenvalue weighted by molar-refractivity contribution is 4.71. The summed E-state index contributed by atoms with van der Waals surface area (Å²) in [5.74, 6) is 0. The lowest BCUT2D eigenvalue weighted by atomic mass is 10.5. The molecule has 1 fully saturated rings. The Labute approximate surface area is 50.3 Å². The second kappa shape index (κ2) is 3.64. The average Bonchev–Trinajstić information content (AvgIpc) is 2.22. The fraction of sp³-hybridized carbons (Fsp3) is 0.667. The van der Waals surface area contributed by atoms with Crippen molar-refractivity contribution in [1.82, 2.24) is 0 Å². The molecule has 2 unspecified atom stereocenters. The molecule has 0 aromatic rings. The van der Waals surface area contributed by atoms with Crippen LogP contribution in [0.5, 0.6) is 0 Å². The lowest BCUT2D eigenvalue weighted by molar-refractivity contribution is 0.383. The van der Waals surface area contributed by atoms with Gasteiger partial charge in [-0.1, -0.05) is 6.08 Å². The van der Waals surface area contributed by atoms with E-state index < -0.39 is 0 Å². The lowest BCUT2D eigenvalue weighted by Gasteiger charge is -1.60. The number of hydrogen-bond acceptors (Lipinski definition) is 2. The van der Waals surface area contributed by atoms with E-state index in [4.69, 9.17) is 10.5 Å². The molecular formula is C6H13NO. The second-order valence-electron chi connectivity index (χ2n) is 1.71. The van der Waals surface area contributed by atoms with E-state index in [-0.39, 0.29) is 6.23 Å². The van der Waals surface area contributed by atoms with Gasteiger partial charge in [0, 0.05) is 0 Å². The summed E-state index contributed by atoms with van der Waals surface area (Å²) in [4.78, 5) is 0.